The highest BCUT2D eigenvalue weighted by molar-refractivity contribution is 9.10. The van der Waals surface area contributed by atoms with E-state index in [0.717, 1.165) is 6.07 Å². The number of carboxylic acid groups (broad SMARTS) is 1. The van der Waals surface area contributed by atoms with Gasteiger partial charge in [-0.3, -0.25) is 14.9 Å². The molecule has 0 saturated heterocycles. The van der Waals surface area contributed by atoms with Gasteiger partial charge in [0.05, 0.1) is 9.82 Å². The Morgan fingerprint density at radius 2 is 2.10 bits per heavy atom. The van der Waals surface area contributed by atoms with Gasteiger partial charge in [0.2, 0.25) is 10.0 Å². The molecule has 0 aliphatic rings. The molecule has 116 valence electrons. The standard InChI is InChI=1S/C11H13BrN2O6S/c1-7-9(12)5-8(6-10(7)14(17)18)21(19,20)13-4-2-3-11(15)16/h5-6,13H,2-4H2,1H3,(H,15,16). The second kappa shape index (κ2) is 6.96. The molecule has 8 nitrogen and oxygen atoms in total. The van der Waals surface area contributed by atoms with E-state index in [-0.39, 0.29) is 30.0 Å². The Labute approximate surface area is 129 Å². The van der Waals surface area contributed by atoms with Crippen molar-refractivity contribution in [2.24, 2.45) is 0 Å². The molecular formula is C11H13BrN2O6S. The number of hydrogen-bond donors (Lipinski definition) is 2. The molecule has 1 rings (SSSR count). The van der Waals surface area contributed by atoms with E-state index in [0.29, 0.717) is 10.0 Å². The van der Waals surface area contributed by atoms with Gasteiger partial charge < -0.3 is 5.11 Å². The minimum absolute atomic E-state index is 0.0616. The van der Waals surface area contributed by atoms with E-state index in [1.165, 1.54) is 13.0 Å². The summed E-state index contributed by atoms with van der Waals surface area (Å²) in [5, 5.41) is 19.4. The molecule has 0 unspecified atom stereocenters. The Balaban J connectivity index is 2.98. The number of halogens is 1. The van der Waals surface area contributed by atoms with Gasteiger partial charge in [-0.2, -0.15) is 0 Å². The molecular weight excluding hydrogens is 368 g/mol. The zero-order valence-corrected chi connectivity index (χ0v) is 13.4. The molecule has 0 heterocycles. The lowest BCUT2D eigenvalue weighted by Gasteiger charge is -2.08. The summed E-state index contributed by atoms with van der Waals surface area (Å²) in [6, 6.07) is 2.24. The fraction of sp³-hybridized carbons (Fsp3) is 0.364. The maximum atomic E-state index is 12.0. The number of nitrogens with one attached hydrogen (secondary N) is 1. The Morgan fingerprint density at radius 1 is 1.48 bits per heavy atom. The average Bonchev–Trinajstić information content (AvgIpc) is 2.37. The van der Waals surface area contributed by atoms with E-state index >= 15 is 0 Å². The largest absolute Gasteiger partial charge is 0.481 e. The third kappa shape index (κ3) is 4.76. The van der Waals surface area contributed by atoms with Gasteiger partial charge in [-0.05, 0) is 19.4 Å². The van der Waals surface area contributed by atoms with Gasteiger partial charge in [-0.15, -0.1) is 0 Å². The summed E-state index contributed by atoms with van der Waals surface area (Å²) >= 11 is 3.08. The summed E-state index contributed by atoms with van der Waals surface area (Å²) in [6.07, 6.45) is -0.0378. The molecule has 1 aromatic carbocycles. The third-order valence-electron chi connectivity index (χ3n) is 2.66. The second-order valence-corrected chi connectivity index (χ2v) is 6.82. The van der Waals surface area contributed by atoms with E-state index in [4.69, 9.17) is 5.11 Å². The number of hydrogen-bond acceptors (Lipinski definition) is 5. The summed E-state index contributed by atoms with van der Waals surface area (Å²) < 4.78 is 26.5. The first kappa shape index (κ1) is 17.5. The predicted molar refractivity (Wildman–Crippen MR) is 77.6 cm³/mol. The molecule has 2 N–H and O–H groups in total. The molecule has 0 spiro atoms. The van der Waals surface area contributed by atoms with Gasteiger partial charge in [0, 0.05) is 29.1 Å². The zero-order valence-electron chi connectivity index (χ0n) is 11.0. The van der Waals surface area contributed by atoms with Gasteiger partial charge in [0.1, 0.15) is 0 Å². The molecule has 0 atom stereocenters. The van der Waals surface area contributed by atoms with E-state index in [9.17, 15) is 23.3 Å². The summed E-state index contributed by atoms with van der Waals surface area (Å²) in [7, 11) is -3.93. The van der Waals surface area contributed by atoms with Crippen molar-refractivity contribution in [3.63, 3.8) is 0 Å². The first-order valence-electron chi connectivity index (χ1n) is 5.81. The average molecular weight is 381 g/mol. The Bertz CT molecular complexity index is 674. The molecule has 0 radical (unpaired) electrons. The van der Waals surface area contributed by atoms with E-state index in [1.54, 1.807) is 0 Å². The van der Waals surface area contributed by atoms with Crippen LogP contribution in [0, 0.1) is 17.0 Å². The maximum Gasteiger partial charge on any atom is 0.303 e. The van der Waals surface area contributed by atoms with Crippen molar-refractivity contribution < 1.29 is 23.2 Å². The summed E-state index contributed by atoms with van der Waals surface area (Å²) in [5.41, 5.74) is 0.0140. The molecule has 0 fully saturated rings. The fourth-order valence-electron chi connectivity index (χ4n) is 1.51. The fourth-order valence-corrected chi connectivity index (χ4v) is 3.24. The van der Waals surface area contributed by atoms with Crippen LogP contribution in [0.2, 0.25) is 0 Å². The normalized spacial score (nSPS) is 11.3. The van der Waals surface area contributed by atoms with Gasteiger partial charge >= 0.3 is 5.97 Å². The van der Waals surface area contributed by atoms with Crippen molar-refractivity contribution in [3.8, 4) is 0 Å². The highest BCUT2D eigenvalue weighted by Gasteiger charge is 2.22. The van der Waals surface area contributed by atoms with Crippen LogP contribution in [0.4, 0.5) is 5.69 Å². The summed E-state index contributed by atoms with van der Waals surface area (Å²) in [5.74, 6) is -1.03. The number of aliphatic carboxylic acids is 1. The molecule has 0 aromatic heterocycles. The van der Waals surface area contributed by atoms with E-state index in [1.807, 2.05) is 0 Å². The number of benzene rings is 1. The van der Waals surface area contributed by atoms with Crippen LogP contribution in [0.1, 0.15) is 18.4 Å². The molecule has 0 saturated carbocycles. The van der Waals surface area contributed by atoms with Gasteiger partial charge in [0.25, 0.3) is 5.69 Å². The van der Waals surface area contributed by atoms with Gasteiger partial charge in [0.15, 0.2) is 0 Å². The third-order valence-corrected chi connectivity index (χ3v) is 4.92. The van der Waals surface area contributed by atoms with Crippen LogP contribution in [0.25, 0.3) is 0 Å². The lowest BCUT2D eigenvalue weighted by molar-refractivity contribution is -0.385. The highest BCUT2D eigenvalue weighted by Crippen LogP contribution is 2.29. The summed E-state index contributed by atoms with van der Waals surface area (Å²) in [4.78, 5) is 20.3. The van der Waals surface area contributed by atoms with Crippen LogP contribution >= 0.6 is 15.9 Å². The van der Waals surface area contributed by atoms with Crippen molar-refractivity contribution in [1.82, 2.24) is 4.72 Å². The quantitative estimate of drug-likeness (QED) is 0.421. The minimum Gasteiger partial charge on any atom is -0.481 e. The van der Waals surface area contributed by atoms with E-state index < -0.39 is 20.9 Å². The number of nitro benzene ring substituents is 1. The van der Waals surface area contributed by atoms with Crippen molar-refractivity contribution >= 4 is 37.6 Å². The van der Waals surface area contributed by atoms with Crippen molar-refractivity contribution in [2.75, 3.05) is 6.54 Å². The number of nitro groups is 1. The molecule has 0 amide bonds. The van der Waals surface area contributed by atoms with Crippen molar-refractivity contribution in [2.45, 2.75) is 24.7 Å². The number of carboxylic acids is 1. The smallest absolute Gasteiger partial charge is 0.303 e. The Kier molecular flexibility index (Phi) is 5.81. The molecule has 10 heteroatoms. The predicted octanol–water partition coefficient (Wildman–Crippen LogP) is 1.81. The molecule has 0 aliphatic heterocycles. The Hall–Kier alpha value is -1.52. The van der Waals surface area contributed by atoms with Crippen LogP contribution in [0.15, 0.2) is 21.5 Å². The van der Waals surface area contributed by atoms with Crippen LogP contribution in [-0.2, 0) is 14.8 Å². The second-order valence-electron chi connectivity index (χ2n) is 4.20. The van der Waals surface area contributed by atoms with Crippen molar-refractivity contribution in [1.29, 1.82) is 0 Å². The highest BCUT2D eigenvalue weighted by atomic mass is 79.9. The topological polar surface area (TPSA) is 127 Å². The van der Waals surface area contributed by atoms with Crippen LogP contribution in [-0.4, -0.2) is 31.0 Å². The first-order chi connectivity index (χ1) is 9.65. The molecule has 0 aliphatic carbocycles. The van der Waals surface area contributed by atoms with Gasteiger partial charge in [-0.25, -0.2) is 13.1 Å². The zero-order chi connectivity index (χ0) is 16.2. The monoisotopic (exact) mass is 380 g/mol. The van der Waals surface area contributed by atoms with Gasteiger partial charge in [-0.1, -0.05) is 15.9 Å². The maximum absolute atomic E-state index is 12.0. The van der Waals surface area contributed by atoms with Crippen LogP contribution in [0.5, 0.6) is 0 Å². The number of rotatable bonds is 7. The Morgan fingerprint density at radius 3 is 2.62 bits per heavy atom. The molecule has 0 bridgehead atoms. The molecule has 1 aromatic rings. The summed E-state index contributed by atoms with van der Waals surface area (Å²) in [6.45, 7) is 1.44. The molecule has 21 heavy (non-hydrogen) atoms. The van der Waals surface area contributed by atoms with Crippen LogP contribution < -0.4 is 4.72 Å². The van der Waals surface area contributed by atoms with E-state index in [2.05, 4.69) is 20.7 Å². The van der Waals surface area contributed by atoms with Crippen LogP contribution in [0.3, 0.4) is 0 Å². The first-order valence-corrected chi connectivity index (χ1v) is 8.09. The number of carbonyl (C=O) groups is 1. The number of nitrogens with zero attached hydrogens (tertiary/aromatic N) is 1. The lowest BCUT2D eigenvalue weighted by Crippen LogP contribution is -2.25. The van der Waals surface area contributed by atoms with Crippen molar-refractivity contribution in [3.05, 3.63) is 32.3 Å². The lowest BCUT2D eigenvalue weighted by atomic mass is 10.2. The minimum atomic E-state index is -3.93. The number of sulfonamides is 1. The SMILES string of the molecule is Cc1c(Br)cc(S(=O)(=O)NCCCC(=O)O)cc1[N+](=O)[O-].